The van der Waals surface area contributed by atoms with Crippen LogP contribution in [0, 0.1) is 18.8 Å². The second-order valence-corrected chi connectivity index (χ2v) is 6.55. The average molecular weight is 280 g/mol. The molecule has 0 spiro atoms. The second-order valence-electron chi connectivity index (χ2n) is 6.14. The van der Waals surface area contributed by atoms with E-state index in [0.717, 1.165) is 29.8 Å². The quantitative estimate of drug-likeness (QED) is 0.830. The minimum atomic E-state index is 0.579. The maximum absolute atomic E-state index is 6.38. The lowest BCUT2D eigenvalue weighted by atomic mass is 9.91. The minimum absolute atomic E-state index is 0.579. The summed E-state index contributed by atoms with van der Waals surface area (Å²) in [7, 11) is 0. The van der Waals surface area contributed by atoms with Crippen LogP contribution in [0.5, 0.6) is 0 Å². The predicted octanol–water partition coefficient (Wildman–Crippen LogP) is 4.61. The van der Waals surface area contributed by atoms with E-state index < -0.39 is 0 Å². The highest BCUT2D eigenvalue weighted by atomic mass is 35.5. The molecule has 1 aromatic rings. The van der Waals surface area contributed by atoms with Gasteiger partial charge in [0.1, 0.15) is 0 Å². The zero-order valence-corrected chi connectivity index (χ0v) is 13.1. The van der Waals surface area contributed by atoms with Gasteiger partial charge in [-0.15, -0.1) is 0 Å². The van der Waals surface area contributed by atoms with E-state index in [4.69, 9.17) is 11.6 Å². The van der Waals surface area contributed by atoms with Gasteiger partial charge in [-0.2, -0.15) is 0 Å². The van der Waals surface area contributed by atoms with Crippen molar-refractivity contribution in [3.63, 3.8) is 0 Å². The lowest BCUT2D eigenvalue weighted by Gasteiger charge is -2.25. The standard InChI is InChI=1S/C17H26ClN/c1-4-19-17(15-8-6-12(2)9-15)11-14-7-5-13(3)10-16(14)18/h5,7,10,12,15,17,19H,4,6,8-9,11H2,1-3H3. The van der Waals surface area contributed by atoms with E-state index in [1.807, 2.05) is 0 Å². The van der Waals surface area contributed by atoms with Crippen LogP contribution in [0.3, 0.4) is 0 Å². The van der Waals surface area contributed by atoms with Gasteiger partial charge in [0.15, 0.2) is 0 Å². The third-order valence-electron chi connectivity index (χ3n) is 4.42. The Morgan fingerprint density at radius 3 is 2.74 bits per heavy atom. The molecule has 1 nitrogen and oxygen atoms in total. The van der Waals surface area contributed by atoms with Crippen LogP contribution in [-0.4, -0.2) is 12.6 Å². The summed E-state index contributed by atoms with van der Waals surface area (Å²) >= 11 is 6.38. The number of likely N-dealkylation sites (N-methyl/N-ethyl adjacent to an activating group) is 1. The molecule has 0 aliphatic heterocycles. The summed E-state index contributed by atoms with van der Waals surface area (Å²) < 4.78 is 0. The molecule has 0 amide bonds. The zero-order valence-electron chi connectivity index (χ0n) is 12.4. The number of hydrogen-bond donors (Lipinski definition) is 1. The van der Waals surface area contributed by atoms with E-state index in [1.165, 1.54) is 30.4 Å². The number of benzene rings is 1. The van der Waals surface area contributed by atoms with Crippen molar-refractivity contribution in [2.24, 2.45) is 11.8 Å². The van der Waals surface area contributed by atoms with Gasteiger partial charge >= 0.3 is 0 Å². The summed E-state index contributed by atoms with van der Waals surface area (Å²) in [5, 5.41) is 4.60. The molecule has 0 heterocycles. The largest absolute Gasteiger partial charge is 0.314 e. The Morgan fingerprint density at radius 1 is 1.37 bits per heavy atom. The lowest BCUT2D eigenvalue weighted by Crippen LogP contribution is -2.37. The van der Waals surface area contributed by atoms with Crippen LogP contribution < -0.4 is 5.32 Å². The number of halogens is 1. The highest BCUT2D eigenvalue weighted by Crippen LogP contribution is 2.34. The SMILES string of the molecule is CCNC(Cc1ccc(C)cc1Cl)C1CCC(C)C1. The van der Waals surface area contributed by atoms with E-state index in [0.29, 0.717) is 6.04 Å². The molecule has 1 aromatic carbocycles. The van der Waals surface area contributed by atoms with Crippen molar-refractivity contribution in [3.8, 4) is 0 Å². The van der Waals surface area contributed by atoms with Crippen LogP contribution in [0.25, 0.3) is 0 Å². The molecule has 0 bridgehead atoms. The van der Waals surface area contributed by atoms with Gasteiger partial charge in [0.25, 0.3) is 0 Å². The monoisotopic (exact) mass is 279 g/mol. The van der Waals surface area contributed by atoms with E-state index in [-0.39, 0.29) is 0 Å². The maximum atomic E-state index is 6.38. The van der Waals surface area contributed by atoms with Crippen molar-refractivity contribution in [1.82, 2.24) is 5.32 Å². The van der Waals surface area contributed by atoms with Crippen molar-refractivity contribution < 1.29 is 0 Å². The Bertz CT molecular complexity index is 416. The highest BCUT2D eigenvalue weighted by molar-refractivity contribution is 6.31. The second kappa shape index (κ2) is 6.76. The first-order valence-electron chi connectivity index (χ1n) is 7.58. The summed E-state index contributed by atoms with van der Waals surface area (Å²) in [6.07, 6.45) is 5.17. The Kier molecular flexibility index (Phi) is 5.29. The van der Waals surface area contributed by atoms with Gasteiger partial charge in [-0.1, -0.05) is 44.0 Å². The topological polar surface area (TPSA) is 12.0 Å². The van der Waals surface area contributed by atoms with Crippen molar-refractivity contribution in [2.45, 2.75) is 52.5 Å². The molecule has 106 valence electrons. The molecule has 3 unspecified atom stereocenters. The van der Waals surface area contributed by atoms with Gasteiger partial charge in [0, 0.05) is 11.1 Å². The fraction of sp³-hybridized carbons (Fsp3) is 0.647. The van der Waals surface area contributed by atoms with Crippen molar-refractivity contribution in [1.29, 1.82) is 0 Å². The minimum Gasteiger partial charge on any atom is -0.314 e. The van der Waals surface area contributed by atoms with Gasteiger partial charge in [-0.25, -0.2) is 0 Å². The third kappa shape index (κ3) is 3.97. The van der Waals surface area contributed by atoms with Gasteiger partial charge in [-0.3, -0.25) is 0 Å². The van der Waals surface area contributed by atoms with Gasteiger partial charge in [-0.05, 0) is 61.8 Å². The third-order valence-corrected chi connectivity index (χ3v) is 4.77. The molecule has 1 N–H and O–H groups in total. The molecule has 1 saturated carbocycles. The number of hydrogen-bond acceptors (Lipinski definition) is 1. The highest BCUT2D eigenvalue weighted by Gasteiger charge is 2.28. The molecular weight excluding hydrogens is 254 g/mol. The summed E-state index contributed by atoms with van der Waals surface area (Å²) in [5.74, 6) is 1.70. The van der Waals surface area contributed by atoms with Crippen molar-refractivity contribution in [2.75, 3.05) is 6.54 Å². The Labute approximate surface area is 122 Å². The fourth-order valence-corrected chi connectivity index (χ4v) is 3.65. The molecule has 1 aliphatic rings. The van der Waals surface area contributed by atoms with E-state index in [2.05, 4.69) is 44.3 Å². The van der Waals surface area contributed by atoms with Crippen molar-refractivity contribution >= 4 is 11.6 Å². The summed E-state index contributed by atoms with van der Waals surface area (Å²) in [4.78, 5) is 0. The van der Waals surface area contributed by atoms with Crippen LogP contribution in [0.4, 0.5) is 0 Å². The first kappa shape index (κ1) is 14.9. The predicted molar refractivity (Wildman–Crippen MR) is 83.9 cm³/mol. The summed E-state index contributed by atoms with van der Waals surface area (Å²) in [6.45, 7) is 7.71. The zero-order chi connectivity index (χ0) is 13.8. The van der Waals surface area contributed by atoms with Crippen LogP contribution in [0.1, 0.15) is 44.2 Å². The summed E-state index contributed by atoms with van der Waals surface area (Å²) in [5.41, 5.74) is 2.53. The average Bonchev–Trinajstić information content (AvgIpc) is 2.78. The molecule has 0 radical (unpaired) electrons. The van der Waals surface area contributed by atoms with Crippen molar-refractivity contribution in [3.05, 3.63) is 34.3 Å². The molecular formula is C17H26ClN. The molecule has 0 saturated heterocycles. The molecule has 19 heavy (non-hydrogen) atoms. The Hall–Kier alpha value is -0.530. The first-order valence-corrected chi connectivity index (χ1v) is 7.96. The van der Waals surface area contributed by atoms with Gasteiger partial charge in [0.05, 0.1) is 0 Å². The molecule has 2 rings (SSSR count). The number of aryl methyl sites for hydroxylation is 1. The summed E-state index contributed by atoms with van der Waals surface area (Å²) in [6, 6.07) is 7.02. The molecule has 1 aliphatic carbocycles. The fourth-order valence-electron chi connectivity index (χ4n) is 3.34. The molecule has 0 aromatic heterocycles. The molecule has 2 heteroatoms. The van der Waals surface area contributed by atoms with Crippen LogP contribution in [0.2, 0.25) is 5.02 Å². The number of rotatable bonds is 5. The number of nitrogens with one attached hydrogen (secondary N) is 1. The van der Waals surface area contributed by atoms with E-state index in [9.17, 15) is 0 Å². The first-order chi connectivity index (χ1) is 9.10. The van der Waals surface area contributed by atoms with Gasteiger partial charge < -0.3 is 5.32 Å². The smallest absolute Gasteiger partial charge is 0.0441 e. The van der Waals surface area contributed by atoms with E-state index >= 15 is 0 Å². The Morgan fingerprint density at radius 2 is 2.16 bits per heavy atom. The van der Waals surface area contributed by atoms with Gasteiger partial charge in [0.2, 0.25) is 0 Å². The lowest BCUT2D eigenvalue weighted by molar-refractivity contribution is 0.354. The van der Waals surface area contributed by atoms with Crippen LogP contribution >= 0.6 is 11.6 Å². The van der Waals surface area contributed by atoms with E-state index in [1.54, 1.807) is 0 Å². The molecule has 1 fully saturated rings. The van der Waals surface area contributed by atoms with Crippen LogP contribution in [0.15, 0.2) is 18.2 Å². The Balaban J connectivity index is 2.07. The normalized spacial score (nSPS) is 24.6. The maximum Gasteiger partial charge on any atom is 0.0441 e. The molecule has 3 atom stereocenters. The van der Waals surface area contributed by atoms with Crippen LogP contribution in [-0.2, 0) is 6.42 Å².